The number of carbonyl (C=O) groups excluding carboxylic acids is 1. The summed E-state index contributed by atoms with van der Waals surface area (Å²) in [7, 11) is 0. The summed E-state index contributed by atoms with van der Waals surface area (Å²) >= 11 is 0. The number of likely N-dealkylation sites (tertiary alicyclic amines) is 1. The summed E-state index contributed by atoms with van der Waals surface area (Å²) in [5, 5.41) is 0. The molecule has 0 bridgehead atoms. The lowest BCUT2D eigenvalue weighted by atomic mass is 9.98. The van der Waals surface area contributed by atoms with Crippen molar-refractivity contribution in [2.24, 2.45) is 0 Å². The van der Waals surface area contributed by atoms with Gasteiger partial charge in [-0.3, -0.25) is 9.78 Å². The van der Waals surface area contributed by atoms with Crippen LogP contribution < -0.4 is 4.90 Å². The molecule has 2 aliphatic heterocycles. The molecule has 4 nitrogen and oxygen atoms in total. The molecule has 1 unspecified atom stereocenters. The quantitative estimate of drug-likeness (QED) is 0.871. The van der Waals surface area contributed by atoms with Crippen LogP contribution in [0.4, 0.5) is 5.69 Å². The van der Waals surface area contributed by atoms with Crippen molar-refractivity contribution in [3.8, 4) is 0 Å². The monoisotopic (exact) mass is 321 g/mol. The molecule has 2 aromatic rings. The van der Waals surface area contributed by atoms with Crippen LogP contribution in [0.3, 0.4) is 0 Å². The molecule has 1 amide bonds. The van der Waals surface area contributed by atoms with Gasteiger partial charge < -0.3 is 9.80 Å². The number of nitrogens with zero attached hydrogens (tertiary/aromatic N) is 3. The Morgan fingerprint density at radius 3 is 2.83 bits per heavy atom. The van der Waals surface area contributed by atoms with Crippen molar-refractivity contribution >= 4 is 11.6 Å². The average molecular weight is 321 g/mol. The van der Waals surface area contributed by atoms with Gasteiger partial charge in [0, 0.05) is 25.0 Å². The van der Waals surface area contributed by atoms with E-state index in [0.29, 0.717) is 6.54 Å². The third-order valence-electron chi connectivity index (χ3n) is 5.16. The third-order valence-corrected chi connectivity index (χ3v) is 5.16. The lowest BCUT2D eigenvalue weighted by Crippen LogP contribution is -2.44. The number of para-hydroxylation sites is 1. The van der Waals surface area contributed by atoms with Gasteiger partial charge >= 0.3 is 0 Å². The van der Waals surface area contributed by atoms with Crippen LogP contribution in [0.15, 0.2) is 48.7 Å². The lowest BCUT2D eigenvalue weighted by Gasteiger charge is -2.36. The second-order valence-corrected chi connectivity index (χ2v) is 6.65. The Morgan fingerprint density at radius 2 is 1.96 bits per heavy atom. The van der Waals surface area contributed by atoms with E-state index in [1.165, 1.54) is 11.3 Å². The van der Waals surface area contributed by atoms with Crippen molar-refractivity contribution in [2.75, 3.05) is 24.5 Å². The van der Waals surface area contributed by atoms with Crippen molar-refractivity contribution in [1.29, 1.82) is 0 Å². The fourth-order valence-electron chi connectivity index (χ4n) is 3.94. The largest absolute Gasteiger partial charge is 0.362 e. The Hall–Kier alpha value is -2.36. The highest BCUT2D eigenvalue weighted by atomic mass is 16.2. The van der Waals surface area contributed by atoms with Gasteiger partial charge in [0.1, 0.15) is 0 Å². The Bertz CT molecular complexity index is 716. The first-order chi connectivity index (χ1) is 11.8. The van der Waals surface area contributed by atoms with Crippen molar-refractivity contribution in [3.05, 3.63) is 59.9 Å². The van der Waals surface area contributed by atoms with Crippen molar-refractivity contribution in [1.82, 2.24) is 9.88 Å². The molecule has 4 rings (SSSR count). The van der Waals surface area contributed by atoms with E-state index in [9.17, 15) is 4.79 Å². The van der Waals surface area contributed by atoms with Gasteiger partial charge in [-0.25, -0.2) is 0 Å². The van der Waals surface area contributed by atoms with Gasteiger partial charge in [-0.05, 0) is 49.4 Å². The van der Waals surface area contributed by atoms with Gasteiger partial charge in [0.15, 0.2) is 0 Å². The Morgan fingerprint density at radius 1 is 1.08 bits per heavy atom. The van der Waals surface area contributed by atoms with Crippen LogP contribution in [0.5, 0.6) is 0 Å². The Balaban J connectivity index is 1.51. The molecule has 1 saturated heterocycles. The summed E-state index contributed by atoms with van der Waals surface area (Å²) in [6, 6.07) is 14.5. The zero-order valence-corrected chi connectivity index (χ0v) is 13.9. The van der Waals surface area contributed by atoms with Crippen LogP contribution in [-0.4, -0.2) is 35.4 Å². The number of hydrogen-bond acceptors (Lipinski definition) is 3. The minimum absolute atomic E-state index is 0.130. The molecule has 4 heteroatoms. The van der Waals surface area contributed by atoms with E-state index < -0.39 is 0 Å². The number of carbonyl (C=O) groups is 1. The van der Waals surface area contributed by atoms with E-state index in [0.717, 1.165) is 44.5 Å². The summed E-state index contributed by atoms with van der Waals surface area (Å²) in [6.45, 7) is 2.25. The van der Waals surface area contributed by atoms with E-state index in [4.69, 9.17) is 0 Å². The predicted molar refractivity (Wildman–Crippen MR) is 94.9 cm³/mol. The number of benzene rings is 1. The van der Waals surface area contributed by atoms with Gasteiger partial charge in [0.25, 0.3) is 0 Å². The molecular formula is C20H23N3O. The number of fused-ring (bicyclic) bond motifs is 1. The lowest BCUT2D eigenvalue weighted by molar-refractivity contribution is -0.133. The first-order valence-electron chi connectivity index (χ1n) is 8.86. The summed E-state index contributed by atoms with van der Waals surface area (Å²) in [5.74, 6) is 0.224. The van der Waals surface area contributed by atoms with E-state index in [1.54, 1.807) is 0 Å². The first kappa shape index (κ1) is 15.2. The van der Waals surface area contributed by atoms with Crippen LogP contribution >= 0.6 is 0 Å². The van der Waals surface area contributed by atoms with Crippen molar-refractivity contribution < 1.29 is 4.79 Å². The second kappa shape index (κ2) is 6.63. The summed E-state index contributed by atoms with van der Waals surface area (Å²) in [4.78, 5) is 21.8. The average Bonchev–Trinajstić information content (AvgIpc) is 3.05. The number of piperidine rings is 1. The minimum Gasteiger partial charge on any atom is -0.362 e. The maximum atomic E-state index is 13.0. The molecule has 24 heavy (non-hydrogen) atoms. The molecule has 1 atom stereocenters. The van der Waals surface area contributed by atoms with Gasteiger partial charge in [-0.2, -0.15) is 0 Å². The predicted octanol–water partition coefficient (Wildman–Crippen LogP) is 3.20. The molecule has 0 radical (unpaired) electrons. The van der Waals surface area contributed by atoms with Crippen LogP contribution in [0, 0.1) is 0 Å². The molecule has 1 fully saturated rings. The van der Waals surface area contributed by atoms with Crippen molar-refractivity contribution in [3.63, 3.8) is 0 Å². The number of hydrogen-bond donors (Lipinski definition) is 0. The molecule has 1 aromatic heterocycles. The topological polar surface area (TPSA) is 36.4 Å². The van der Waals surface area contributed by atoms with E-state index in [2.05, 4.69) is 34.1 Å². The highest BCUT2D eigenvalue weighted by Crippen LogP contribution is 2.31. The maximum absolute atomic E-state index is 13.0. The van der Waals surface area contributed by atoms with Crippen LogP contribution in [0.25, 0.3) is 0 Å². The molecular weight excluding hydrogens is 298 g/mol. The molecule has 3 heterocycles. The fraction of sp³-hybridized carbons (Fsp3) is 0.400. The summed E-state index contributed by atoms with van der Waals surface area (Å²) in [6.07, 6.45) is 6.12. The highest BCUT2D eigenvalue weighted by Gasteiger charge is 2.30. The van der Waals surface area contributed by atoms with E-state index in [-0.39, 0.29) is 11.9 Å². The van der Waals surface area contributed by atoms with Gasteiger partial charge in [-0.15, -0.1) is 0 Å². The standard InChI is InChI=1S/C20H23N3O/c24-20(15-22-14-11-16-7-1-2-9-18(16)22)23-13-6-4-10-19(23)17-8-3-5-12-21-17/h1-3,5,7-9,12,19H,4,6,10-11,13-15H2. The van der Waals surface area contributed by atoms with Crippen LogP contribution in [-0.2, 0) is 11.2 Å². The van der Waals surface area contributed by atoms with Crippen molar-refractivity contribution in [2.45, 2.75) is 31.7 Å². The maximum Gasteiger partial charge on any atom is 0.242 e. The molecule has 124 valence electrons. The highest BCUT2D eigenvalue weighted by molar-refractivity contribution is 5.83. The summed E-state index contributed by atoms with van der Waals surface area (Å²) < 4.78 is 0. The number of rotatable bonds is 3. The normalized spacial score (nSPS) is 20.1. The molecule has 0 aliphatic carbocycles. The number of pyridine rings is 1. The first-order valence-corrected chi connectivity index (χ1v) is 8.86. The minimum atomic E-state index is 0.130. The molecule has 2 aliphatic rings. The van der Waals surface area contributed by atoms with Gasteiger partial charge in [0.2, 0.25) is 5.91 Å². The molecule has 0 N–H and O–H groups in total. The SMILES string of the molecule is O=C(CN1CCc2ccccc21)N1CCCCC1c1ccccn1. The van der Waals surface area contributed by atoms with Gasteiger partial charge in [-0.1, -0.05) is 24.3 Å². The van der Waals surface area contributed by atoms with Crippen LogP contribution in [0.2, 0.25) is 0 Å². The summed E-state index contributed by atoms with van der Waals surface area (Å²) in [5.41, 5.74) is 3.59. The number of aromatic nitrogens is 1. The molecule has 1 aromatic carbocycles. The van der Waals surface area contributed by atoms with Crippen LogP contribution in [0.1, 0.15) is 36.6 Å². The zero-order valence-electron chi connectivity index (χ0n) is 13.9. The smallest absolute Gasteiger partial charge is 0.242 e. The van der Waals surface area contributed by atoms with Gasteiger partial charge in [0.05, 0.1) is 18.3 Å². The molecule has 0 spiro atoms. The number of amides is 1. The Labute approximate surface area is 143 Å². The Kier molecular flexibility index (Phi) is 4.20. The third kappa shape index (κ3) is 2.88. The molecule has 0 saturated carbocycles. The zero-order chi connectivity index (χ0) is 16.4. The fourth-order valence-corrected chi connectivity index (χ4v) is 3.94. The van der Waals surface area contributed by atoms with E-state index in [1.807, 2.05) is 29.3 Å². The van der Waals surface area contributed by atoms with E-state index >= 15 is 0 Å². The number of anilines is 1. The second-order valence-electron chi connectivity index (χ2n) is 6.65.